The first-order valence-electron chi connectivity index (χ1n) is 10.3. The number of hydrogen-bond acceptors (Lipinski definition) is 3. The number of hydrogen-bond donors (Lipinski definition) is 1. The summed E-state index contributed by atoms with van der Waals surface area (Å²) in [5.74, 6) is -0.669. The molecule has 0 radical (unpaired) electrons. The van der Waals surface area contributed by atoms with Gasteiger partial charge in [0, 0.05) is 28.0 Å². The second-order valence-corrected chi connectivity index (χ2v) is 8.56. The monoisotopic (exact) mass is 405 g/mol. The summed E-state index contributed by atoms with van der Waals surface area (Å²) in [6.07, 6.45) is 0.182. The molecule has 5 heterocycles. The number of nitrogens with one attached hydrogen (secondary N) is 1. The Morgan fingerprint density at radius 1 is 0.839 bits per heavy atom. The molecule has 2 atom stereocenters. The van der Waals surface area contributed by atoms with E-state index in [9.17, 15) is 9.59 Å². The van der Waals surface area contributed by atoms with Crippen molar-refractivity contribution in [2.24, 2.45) is 0 Å². The molecule has 148 valence electrons. The summed E-state index contributed by atoms with van der Waals surface area (Å²) in [6.45, 7) is 4.32. The number of rotatable bonds is 0. The van der Waals surface area contributed by atoms with Gasteiger partial charge in [-0.15, -0.1) is 0 Å². The predicted octanol–water partition coefficient (Wildman–Crippen LogP) is 4.77. The lowest BCUT2D eigenvalue weighted by atomic mass is 9.96. The Labute approximate surface area is 175 Å². The second-order valence-electron chi connectivity index (χ2n) is 8.56. The van der Waals surface area contributed by atoms with Crippen LogP contribution in [0.5, 0.6) is 0 Å². The Hall–Kier alpha value is -3.90. The highest BCUT2D eigenvalue weighted by atomic mass is 16.5. The number of ether oxygens (including phenoxy) is 1. The molecule has 2 bridgehead atoms. The van der Waals surface area contributed by atoms with Crippen LogP contribution in [0.25, 0.3) is 43.6 Å². The summed E-state index contributed by atoms with van der Waals surface area (Å²) in [7, 11) is 0. The van der Waals surface area contributed by atoms with Crippen molar-refractivity contribution in [3.8, 4) is 0 Å². The Morgan fingerprint density at radius 2 is 1.39 bits per heavy atom. The minimum Gasteiger partial charge on any atom is -0.330 e. The lowest BCUT2D eigenvalue weighted by Crippen LogP contribution is -2.20. The standard InChI is InChI=1S/C25H15N3O3/c1-11-10-16-27-14-8-4-2-6-12(14)17-19-20(24(30)26-23(19)29)18-13-7-3-5-9-15(13)28(25(11)31-16)22(18)21(17)27/h2-9,16,25H,1,10H2,(H,26,29,30). The van der Waals surface area contributed by atoms with Crippen molar-refractivity contribution in [3.63, 3.8) is 0 Å². The molecule has 0 saturated carbocycles. The molecule has 1 fully saturated rings. The SMILES string of the molecule is C=C1CC2OC1n1c3ccccc3c3c4c(c5c6ccccc6n2c5c31)C(=O)NC4=O. The number of aromatic nitrogens is 2. The summed E-state index contributed by atoms with van der Waals surface area (Å²) < 4.78 is 10.9. The van der Waals surface area contributed by atoms with E-state index < -0.39 is 0 Å². The van der Waals surface area contributed by atoms with E-state index >= 15 is 0 Å². The average molecular weight is 405 g/mol. The molecule has 2 aromatic heterocycles. The molecule has 2 unspecified atom stereocenters. The van der Waals surface area contributed by atoms with Gasteiger partial charge in [-0.3, -0.25) is 14.9 Å². The molecule has 6 nitrogen and oxygen atoms in total. The first kappa shape index (κ1) is 15.9. The zero-order valence-corrected chi connectivity index (χ0v) is 16.3. The summed E-state index contributed by atoms with van der Waals surface area (Å²) >= 11 is 0. The van der Waals surface area contributed by atoms with Crippen LogP contribution in [0.4, 0.5) is 0 Å². The highest BCUT2D eigenvalue weighted by molar-refractivity contribution is 6.39. The molecule has 3 aliphatic heterocycles. The van der Waals surface area contributed by atoms with Gasteiger partial charge in [-0.05, 0) is 17.7 Å². The van der Waals surface area contributed by atoms with Crippen molar-refractivity contribution in [2.45, 2.75) is 18.9 Å². The van der Waals surface area contributed by atoms with Gasteiger partial charge in [0.05, 0.1) is 33.2 Å². The fourth-order valence-electron chi connectivity index (χ4n) is 5.99. The molecule has 3 aromatic carbocycles. The van der Waals surface area contributed by atoms with Crippen molar-refractivity contribution in [1.29, 1.82) is 0 Å². The highest BCUT2D eigenvalue weighted by Crippen LogP contribution is 2.53. The van der Waals surface area contributed by atoms with Crippen LogP contribution in [-0.2, 0) is 4.74 Å². The Kier molecular flexibility index (Phi) is 2.49. The molecule has 3 aliphatic rings. The van der Waals surface area contributed by atoms with Crippen molar-refractivity contribution < 1.29 is 14.3 Å². The zero-order chi connectivity index (χ0) is 20.6. The lowest BCUT2D eigenvalue weighted by molar-refractivity contribution is -0.0153. The normalized spacial score (nSPS) is 21.7. The third kappa shape index (κ3) is 1.58. The molecule has 0 spiro atoms. The van der Waals surface area contributed by atoms with Crippen molar-refractivity contribution in [1.82, 2.24) is 14.5 Å². The van der Waals surface area contributed by atoms with E-state index in [1.165, 1.54) is 0 Å². The maximum atomic E-state index is 13.1. The van der Waals surface area contributed by atoms with Gasteiger partial charge < -0.3 is 13.9 Å². The number of nitrogens with zero attached hydrogens (tertiary/aromatic N) is 2. The van der Waals surface area contributed by atoms with Gasteiger partial charge in [0.25, 0.3) is 11.8 Å². The molecule has 1 N–H and O–H groups in total. The van der Waals surface area contributed by atoms with Crippen LogP contribution in [0, 0.1) is 0 Å². The van der Waals surface area contributed by atoms with Crippen LogP contribution in [0.15, 0.2) is 60.7 Å². The van der Waals surface area contributed by atoms with Gasteiger partial charge in [-0.25, -0.2) is 0 Å². The van der Waals surface area contributed by atoms with Gasteiger partial charge in [0.2, 0.25) is 0 Å². The molecular weight excluding hydrogens is 390 g/mol. The molecular formula is C25H15N3O3. The maximum absolute atomic E-state index is 13.1. The predicted molar refractivity (Wildman–Crippen MR) is 117 cm³/mol. The number of benzene rings is 3. The van der Waals surface area contributed by atoms with Crippen LogP contribution in [0.1, 0.15) is 39.6 Å². The quantitative estimate of drug-likeness (QED) is 0.298. The number of fused-ring (bicyclic) bond motifs is 13. The molecule has 1 saturated heterocycles. The van der Waals surface area contributed by atoms with Gasteiger partial charge in [0.1, 0.15) is 6.23 Å². The summed E-state index contributed by atoms with van der Waals surface area (Å²) in [5, 5.41) is 6.09. The fourth-order valence-corrected chi connectivity index (χ4v) is 5.99. The van der Waals surface area contributed by atoms with E-state index in [1.54, 1.807) is 0 Å². The van der Waals surface area contributed by atoms with Crippen molar-refractivity contribution in [2.75, 3.05) is 0 Å². The van der Waals surface area contributed by atoms with E-state index in [-0.39, 0.29) is 24.3 Å². The molecule has 2 amide bonds. The molecule has 0 aliphatic carbocycles. The van der Waals surface area contributed by atoms with Crippen LogP contribution >= 0.6 is 0 Å². The minimum absolute atomic E-state index is 0.208. The highest BCUT2D eigenvalue weighted by Gasteiger charge is 2.43. The maximum Gasteiger partial charge on any atom is 0.259 e. The van der Waals surface area contributed by atoms with Crippen LogP contribution < -0.4 is 5.32 Å². The first-order chi connectivity index (χ1) is 15.1. The molecule has 6 heteroatoms. The van der Waals surface area contributed by atoms with Crippen LogP contribution in [0.2, 0.25) is 0 Å². The van der Waals surface area contributed by atoms with Crippen LogP contribution in [0.3, 0.4) is 0 Å². The number of carbonyl (C=O) groups excluding carboxylic acids is 2. The number of para-hydroxylation sites is 2. The number of amides is 2. The zero-order valence-electron chi connectivity index (χ0n) is 16.3. The summed E-state index contributed by atoms with van der Waals surface area (Å²) in [6, 6.07) is 16.1. The number of carbonyl (C=O) groups is 2. The summed E-state index contributed by atoms with van der Waals surface area (Å²) in [5.41, 5.74) is 5.81. The average Bonchev–Trinajstić information content (AvgIpc) is 3.45. The van der Waals surface area contributed by atoms with Gasteiger partial charge >= 0.3 is 0 Å². The Balaban J connectivity index is 1.82. The number of imide groups is 1. The fraction of sp³-hybridized carbons (Fsp3) is 0.120. The van der Waals surface area contributed by atoms with E-state index in [1.807, 2.05) is 42.5 Å². The largest absolute Gasteiger partial charge is 0.330 e. The van der Waals surface area contributed by atoms with Crippen molar-refractivity contribution >= 4 is 55.4 Å². The third-order valence-corrected chi connectivity index (χ3v) is 7.07. The van der Waals surface area contributed by atoms with E-state index in [0.717, 1.165) is 49.2 Å². The van der Waals surface area contributed by atoms with E-state index in [0.29, 0.717) is 17.5 Å². The second kappa shape index (κ2) is 4.87. The Bertz CT molecular complexity index is 1740. The third-order valence-electron chi connectivity index (χ3n) is 7.07. The molecule has 5 aromatic rings. The van der Waals surface area contributed by atoms with Gasteiger partial charge in [0.15, 0.2) is 6.23 Å². The van der Waals surface area contributed by atoms with E-state index in [4.69, 9.17) is 4.74 Å². The van der Waals surface area contributed by atoms with Crippen molar-refractivity contribution in [3.05, 3.63) is 71.8 Å². The lowest BCUT2D eigenvalue weighted by Gasteiger charge is -2.16. The Morgan fingerprint density at radius 3 is 2.03 bits per heavy atom. The van der Waals surface area contributed by atoms with Crippen LogP contribution in [-0.4, -0.2) is 20.9 Å². The minimum atomic E-state index is -0.337. The molecule has 8 rings (SSSR count). The topological polar surface area (TPSA) is 65.3 Å². The van der Waals surface area contributed by atoms with Gasteiger partial charge in [-0.1, -0.05) is 43.0 Å². The molecule has 31 heavy (non-hydrogen) atoms. The van der Waals surface area contributed by atoms with Gasteiger partial charge in [-0.2, -0.15) is 0 Å². The van der Waals surface area contributed by atoms with E-state index in [2.05, 4.69) is 27.1 Å². The first-order valence-corrected chi connectivity index (χ1v) is 10.3. The smallest absolute Gasteiger partial charge is 0.259 e. The summed E-state index contributed by atoms with van der Waals surface area (Å²) in [4.78, 5) is 26.1.